The standard InChI is InChI=1S/C20H23N3O2/c1-15-13-16(2)23(22-15)18(19-9-6-12-25-19)14-21-20(24)11-10-17-7-4-3-5-8-17/h3-9,12-13,18H,10-11,14H2,1-2H3,(H,21,24). The predicted molar refractivity (Wildman–Crippen MR) is 96.3 cm³/mol. The molecule has 3 rings (SSSR count). The molecule has 1 atom stereocenters. The van der Waals surface area contributed by atoms with Gasteiger partial charge in [-0.25, -0.2) is 0 Å². The van der Waals surface area contributed by atoms with Gasteiger partial charge in [-0.05, 0) is 44.0 Å². The Labute approximate surface area is 147 Å². The van der Waals surface area contributed by atoms with E-state index in [1.54, 1.807) is 6.26 Å². The van der Waals surface area contributed by atoms with Gasteiger partial charge in [-0.2, -0.15) is 5.10 Å². The molecule has 0 radical (unpaired) electrons. The van der Waals surface area contributed by atoms with Crippen molar-refractivity contribution >= 4 is 5.91 Å². The third kappa shape index (κ3) is 4.38. The number of furan rings is 1. The first-order chi connectivity index (χ1) is 12.1. The Bertz CT molecular complexity index is 807. The quantitative estimate of drug-likeness (QED) is 0.718. The van der Waals surface area contributed by atoms with Crippen molar-refractivity contribution < 1.29 is 9.21 Å². The fourth-order valence-electron chi connectivity index (χ4n) is 2.95. The molecule has 0 spiro atoms. The van der Waals surface area contributed by atoms with Crippen LogP contribution in [0.3, 0.4) is 0 Å². The normalized spacial score (nSPS) is 12.1. The van der Waals surface area contributed by atoms with Crippen LogP contribution < -0.4 is 5.32 Å². The zero-order valence-corrected chi connectivity index (χ0v) is 14.6. The van der Waals surface area contributed by atoms with Crippen LogP contribution >= 0.6 is 0 Å². The van der Waals surface area contributed by atoms with E-state index in [0.29, 0.717) is 13.0 Å². The van der Waals surface area contributed by atoms with Crippen LogP contribution in [-0.2, 0) is 11.2 Å². The minimum absolute atomic E-state index is 0.0296. The fraction of sp³-hybridized carbons (Fsp3) is 0.300. The number of aryl methyl sites for hydroxylation is 3. The molecule has 2 aromatic heterocycles. The van der Waals surface area contributed by atoms with Crippen molar-refractivity contribution in [2.45, 2.75) is 32.7 Å². The fourth-order valence-corrected chi connectivity index (χ4v) is 2.95. The number of hydrogen-bond donors (Lipinski definition) is 1. The van der Waals surface area contributed by atoms with Crippen LogP contribution in [-0.4, -0.2) is 22.2 Å². The molecular formula is C20H23N3O2. The lowest BCUT2D eigenvalue weighted by molar-refractivity contribution is -0.121. The summed E-state index contributed by atoms with van der Waals surface area (Å²) in [6, 6.07) is 15.7. The van der Waals surface area contributed by atoms with Gasteiger partial charge in [-0.15, -0.1) is 0 Å². The Morgan fingerprint density at radius 2 is 2.00 bits per heavy atom. The van der Waals surface area contributed by atoms with Crippen molar-refractivity contribution in [1.82, 2.24) is 15.1 Å². The first-order valence-corrected chi connectivity index (χ1v) is 8.50. The summed E-state index contributed by atoms with van der Waals surface area (Å²) >= 11 is 0. The molecule has 1 N–H and O–H groups in total. The maximum atomic E-state index is 12.2. The van der Waals surface area contributed by atoms with Gasteiger partial charge in [0.15, 0.2) is 0 Å². The van der Waals surface area contributed by atoms with Gasteiger partial charge in [-0.1, -0.05) is 30.3 Å². The molecule has 130 valence electrons. The van der Waals surface area contributed by atoms with Gasteiger partial charge in [0.05, 0.1) is 12.0 Å². The lowest BCUT2D eigenvalue weighted by atomic mass is 10.1. The van der Waals surface area contributed by atoms with Crippen molar-refractivity contribution in [3.63, 3.8) is 0 Å². The van der Waals surface area contributed by atoms with Gasteiger partial charge >= 0.3 is 0 Å². The summed E-state index contributed by atoms with van der Waals surface area (Å²) in [6.07, 6.45) is 2.84. The Morgan fingerprint density at radius 3 is 2.64 bits per heavy atom. The third-order valence-corrected chi connectivity index (χ3v) is 4.19. The molecule has 0 saturated heterocycles. The molecule has 3 aromatic rings. The van der Waals surface area contributed by atoms with E-state index in [0.717, 1.165) is 23.6 Å². The molecule has 5 nitrogen and oxygen atoms in total. The van der Waals surface area contributed by atoms with Crippen LogP contribution in [0, 0.1) is 13.8 Å². The molecule has 5 heteroatoms. The average Bonchev–Trinajstić information content (AvgIpc) is 3.25. The average molecular weight is 337 g/mol. The highest BCUT2D eigenvalue weighted by atomic mass is 16.3. The summed E-state index contributed by atoms with van der Waals surface area (Å²) in [5.41, 5.74) is 3.15. The smallest absolute Gasteiger partial charge is 0.220 e. The van der Waals surface area contributed by atoms with Crippen LogP contribution in [0.2, 0.25) is 0 Å². The van der Waals surface area contributed by atoms with Crippen LogP contribution in [0.4, 0.5) is 0 Å². The van der Waals surface area contributed by atoms with E-state index in [1.165, 1.54) is 5.56 Å². The highest BCUT2D eigenvalue weighted by molar-refractivity contribution is 5.76. The molecule has 2 heterocycles. The molecule has 0 bridgehead atoms. The van der Waals surface area contributed by atoms with Crippen molar-refractivity contribution in [2.24, 2.45) is 0 Å². The number of nitrogens with one attached hydrogen (secondary N) is 1. The van der Waals surface area contributed by atoms with E-state index in [2.05, 4.69) is 10.4 Å². The predicted octanol–water partition coefficient (Wildman–Crippen LogP) is 3.43. The van der Waals surface area contributed by atoms with Gasteiger partial charge < -0.3 is 9.73 Å². The highest BCUT2D eigenvalue weighted by Crippen LogP contribution is 2.20. The molecule has 0 aliphatic rings. The van der Waals surface area contributed by atoms with E-state index in [4.69, 9.17) is 4.42 Å². The van der Waals surface area contributed by atoms with Crippen LogP contribution in [0.25, 0.3) is 0 Å². The lowest BCUT2D eigenvalue weighted by Crippen LogP contribution is -2.32. The van der Waals surface area contributed by atoms with Gasteiger partial charge in [0.2, 0.25) is 5.91 Å². The second kappa shape index (κ2) is 7.83. The number of aromatic nitrogens is 2. The molecule has 0 saturated carbocycles. The van der Waals surface area contributed by atoms with Gasteiger partial charge in [0.25, 0.3) is 0 Å². The molecular weight excluding hydrogens is 314 g/mol. The Hall–Kier alpha value is -2.82. The van der Waals surface area contributed by atoms with E-state index < -0.39 is 0 Å². The Kier molecular flexibility index (Phi) is 5.33. The minimum Gasteiger partial charge on any atom is -0.467 e. The van der Waals surface area contributed by atoms with E-state index >= 15 is 0 Å². The summed E-state index contributed by atoms with van der Waals surface area (Å²) in [5.74, 6) is 0.816. The monoisotopic (exact) mass is 337 g/mol. The summed E-state index contributed by atoms with van der Waals surface area (Å²) in [4.78, 5) is 12.2. The van der Waals surface area contributed by atoms with E-state index in [-0.39, 0.29) is 11.9 Å². The Morgan fingerprint density at radius 1 is 1.20 bits per heavy atom. The molecule has 0 aliphatic heterocycles. The van der Waals surface area contributed by atoms with Crippen molar-refractivity contribution in [1.29, 1.82) is 0 Å². The molecule has 1 amide bonds. The zero-order chi connectivity index (χ0) is 17.6. The summed E-state index contributed by atoms with van der Waals surface area (Å²) in [6.45, 7) is 4.41. The Balaban J connectivity index is 1.63. The molecule has 0 fully saturated rings. The van der Waals surface area contributed by atoms with Crippen molar-refractivity contribution in [3.8, 4) is 0 Å². The summed E-state index contributed by atoms with van der Waals surface area (Å²) < 4.78 is 7.47. The third-order valence-electron chi connectivity index (χ3n) is 4.19. The number of rotatable bonds is 7. The van der Waals surface area contributed by atoms with Crippen LogP contribution in [0.1, 0.15) is 35.2 Å². The first-order valence-electron chi connectivity index (χ1n) is 8.50. The second-order valence-corrected chi connectivity index (χ2v) is 6.19. The SMILES string of the molecule is Cc1cc(C)n(C(CNC(=O)CCc2ccccc2)c2ccco2)n1. The number of benzene rings is 1. The second-order valence-electron chi connectivity index (χ2n) is 6.19. The summed E-state index contributed by atoms with van der Waals surface area (Å²) in [5, 5.41) is 7.56. The van der Waals surface area contributed by atoms with Crippen LogP contribution in [0.5, 0.6) is 0 Å². The number of carbonyl (C=O) groups is 1. The lowest BCUT2D eigenvalue weighted by Gasteiger charge is -2.18. The zero-order valence-electron chi connectivity index (χ0n) is 14.6. The highest BCUT2D eigenvalue weighted by Gasteiger charge is 2.20. The van der Waals surface area contributed by atoms with Gasteiger partial charge in [0, 0.05) is 18.7 Å². The van der Waals surface area contributed by atoms with E-state index in [9.17, 15) is 4.79 Å². The largest absolute Gasteiger partial charge is 0.467 e. The van der Waals surface area contributed by atoms with E-state index in [1.807, 2.05) is 67.1 Å². The van der Waals surface area contributed by atoms with Gasteiger partial charge in [0.1, 0.15) is 11.8 Å². The van der Waals surface area contributed by atoms with Gasteiger partial charge in [-0.3, -0.25) is 9.48 Å². The minimum atomic E-state index is -0.149. The number of carbonyl (C=O) groups excluding carboxylic acids is 1. The molecule has 1 unspecified atom stereocenters. The van der Waals surface area contributed by atoms with Crippen molar-refractivity contribution in [2.75, 3.05) is 6.54 Å². The molecule has 0 aliphatic carbocycles. The number of amides is 1. The maximum Gasteiger partial charge on any atom is 0.220 e. The summed E-state index contributed by atoms with van der Waals surface area (Å²) in [7, 11) is 0. The topological polar surface area (TPSA) is 60.1 Å². The molecule has 1 aromatic carbocycles. The number of hydrogen-bond acceptors (Lipinski definition) is 3. The first kappa shape index (κ1) is 17.0. The maximum absolute atomic E-state index is 12.2. The molecule has 25 heavy (non-hydrogen) atoms. The van der Waals surface area contributed by atoms with Crippen LogP contribution in [0.15, 0.2) is 59.2 Å². The number of nitrogens with zero attached hydrogens (tertiary/aromatic N) is 2. The van der Waals surface area contributed by atoms with Crippen molar-refractivity contribution in [3.05, 3.63) is 77.5 Å².